The number of nitrogens with one attached hydrogen (secondary N) is 1. The summed E-state index contributed by atoms with van der Waals surface area (Å²) in [5.74, 6) is 1.78. The van der Waals surface area contributed by atoms with E-state index in [1.165, 1.54) is 17.7 Å². The van der Waals surface area contributed by atoms with Gasteiger partial charge in [-0.1, -0.05) is 0 Å². The summed E-state index contributed by atoms with van der Waals surface area (Å²) in [6.07, 6.45) is 10.3. The van der Waals surface area contributed by atoms with Crippen molar-refractivity contribution in [3.8, 4) is 11.4 Å². The largest absolute Gasteiger partial charge is 0.376 e. The van der Waals surface area contributed by atoms with Crippen LogP contribution in [-0.2, 0) is 17.6 Å². The van der Waals surface area contributed by atoms with Crippen molar-refractivity contribution >= 4 is 5.82 Å². The lowest BCUT2D eigenvalue weighted by Crippen LogP contribution is -2.45. The van der Waals surface area contributed by atoms with Crippen molar-refractivity contribution in [3.05, 3.63) is 35.8 Å². The first kappa shape index (κ1) is 14.6. The average Bonchev–Trinajstić information content (AvgIpc) is 3.03. The lowest BCUT2D eigenvalue weighted by Gasteiger charge is -2.40. The smallest absolute Gasteiger partial charge is 0.161 e. The SMILES string of the molecule is COC1(CNc2nc(-c3ccncc3)nc3c2CCC3)CCC1. The van der Waals surface area contributed by atoms with Gasteiger partial charge in [0, 0.05) is 42.9 Å². The number of aryl methyl sites for hydroxylation is 1. The molecule has 0 aromatic carbocycles. The van der Waals surface area contributed by atoms with Gasteiger partial charge in [0.1, 0.15) is 5.82 Å². The molecule has 0 spiro atoms. The average molecular weight is 310 g/mol. The van der Waals surface area contributed by atoms with Gasteiger partial charge in [0.15, 0.2) is 5.82 Å². The van der Waals surface area contributed by atoms with Gasteiger partial charge in [-0.3, -0.25) is 4.98 Å². The van der Waals surface area contributed by atoms with Crippen LogP contribution in [0.1, 0.15) is 36.9 Å². The lowest BCUT2D eigenvalue weighted by molar-refractivity contribution is -0.0601. The van der Waals surface area contributed by atoms with Crippen LogP contribution in [0.2, 0.25) is 0 Å². The minimum Gasteiger partial charge on any atom is -0.376 e. The first-order valence-electron chi connectivity index (χ1n) is 8.39. The third kappa shape index (κ3) is 2.70. The predicted octanol–water partition coefficient (Wildman–Crippen LogP) is 3.01. The van der Waals surface area contributed by atoms with Crippen LogP contribution in [0.15, 0.2) is 24.5 Å². The summed E-state index contributed by atoms with van der Waals surface area (Å²) in [5, 5.41) is 3.56. The van der Waals surface area contributed by atoms with Gasteiger partial charge in [0.05, 0.1) is 5.60 Å². The molecule has 23 heavy (non-hydrogen) atoms. The molecule has 0 saturated heterocycles. The molecule has 0 aliphatic heterocycles. The van der Waals surface area contributed by atoms with Gasteiger partial charge in [0.25, 0.3) is 0 Å². The highest BCUT2D eigenvalue weighted by Crippen LogP contribution is 2.36. The van der Waals surface area contributed by atoms with Crippen molar-refractivity contribution in [2.45, 2.75) is 44.1 Å². The number of rotatable bonds is 5. The minimum absolute atomic E-state index is 0.00668. The molecule has 2 aliphatic carbocycles. The summed E-state index contributed by atoms with van der Waals surface area (Å²) >= 11 is 0. The molecule has 0 radical (unpaired) electrons. The van der Waals surface area contributed by atoms with E-state index in [2.05, 4.69) is 10.3 Å². The highest BCUT2D eigenvalue weighted by molar-refractivity contribution is 5.60. The number of pyridine rings is 1. The van der Waals surface area contributed by atoms with Crippen LogP contribution < -0.4 is 5.32 Å². The van der Waals surface area contributed by atoms with E-state index in [1.807, 2.05) is 19.2 Å². The fourth-order valence-electron chi connectivity index (χ4n) is 3.48. The zero-order valence-corrected chi connectivity index (χ0v) is 13.5. The second-order valence-corrected chi connectivity index (χ2v) is 6.50. The number of fused-ring (bicyclic) bond motifs is 1. The topological polar surface area (TPSA) is 59.9 Å². The first-order valence-corrected chi connectivity index (χ1v) is 8.39. The van der Waals surface area contributed by atoms with Gasteiger partial charge in [-0.15, -0.1) is 0 Å². The van der Waals surface area contributed by atoms with Gasteiger partial charge in [-0.2, -0.15) is 0 Å². The Morgan fingerprint density at radius 1 is 1.13 bits per heavy atom. The monoisotopic (exact) mass is 310 g/mol. The normalized spacial score (nSPS) is 18.3. The number of ether oxygens (including phenoxy) is 1. The highest BCUT2D eigenvalue weighted by atomic mass is 16.5. The second-order valence-electron chi connectivity index (χ2n) is 6.50. The van der Waals surface area contributed by atoms with E-state index < -0.39 is 0 Å². The molecule has 1 fully saturated rings. The highest BCUT2D eigenvalue weighted by Gasteiger charge is 2.37. The molecule has 2 aromatic heterocycles. The molecule has 0 bridgehead atoms. The Hall–Kier alpha value is -2.01. The Labute approximate surface area is 136 Å². The van der Waals surface area contributed by atoms with E-state index >= 15 is 0 Å². The van der Waals surface area contributed by atoms with Gasteiger partial charge in [0.2, 0.25) is 0 Å². The molecular weight excluding hydrogens is 288 g/mol. The van der Waals surface area contributed by atoms with Crippen LogP contribution in [-0.4, -0.2) is 34.2 Å². The van der Waals surface area contributed by atoms with Crippen LogP contribution in [0.3, 0.4) is 0 Å². The van der Waals surface area contributed by atoms with E-state index in [1.54, 1.807) is 12.4 Å². The zero-order chi connectivity index (χ0) is 15.7. The Morgan fingerprint density at radius 2 is 1.96 bits per heavy atom. The number of methoxy groups -OCH3 is 1. The molecule has 1 saturated carbocycles. The number of hydrogen-bond donors (Lipinski definition) is 1. The zero-order valence-electron chi connectivity index (χ0n) is 13.5. The molecule has 0 amide bonds. The molecule has 0 unspecified atom stereocenters. The fourth-order valence-corrected chi connectivity index (χ4v) is 3.48. The van der Waals surface area contributed by atoms with E-state index in [9.17, 15) is 0 Å². The molecule has 1 N–H and O–H groups in total. The maximum Gasteiger partial charge on any atom is 0.161 e. The van der Waals surface area contributed by atoms with Crippen molar-refractivity contribution in [3.63, 3.8) is 0 Å². The summed E-state index contributed by atoms with van der Waals surface area (Å²) in [5.41, 5.74) is 3.48. The maximum absolute atomic E-state index is 5.72. The summed E-state index contributed by atoms with van der Waals surface area (Å²) in [4.78, 5) is 13.7. The number of nitrogens with zero attached hydrogens (tertiary/aromatic N) is 3. The third-order valence-electron chi connectivity index (χ3n) is 5.15. The summed E-state index contributed by atoms with van der Waals surface area (Å²) in [6.45, 7) is 0.822. The van der Waals surface area contributed by atoms with E-state index in [0.29, 0.717) is 0 Å². The van der Waals surface area contributed by atoms with Crippen LogP contribution in [0.25, 0.3) is 11.4 Å². The number of anilines is 1. The van der Waals surface area contributed by atoms with Crippen molar-refractivity contribution in [2.24, 2.45) is 0 Å². The van der Waals surface area contributed by atoms with Crippen LogP contribution in [0.4, 0.5) is 5.82 Å². The Balaban J connectivity index is 1.64. The molecule has 5 nitrogen and oxygen atoms in total. The number of aromatic nitrogens is 3. The fraction of sp³-hybridized carbons (Fsp3) is 0.500. The van der Waals surface area contributed by atoms with E-state index in [-0.39, 0.29) is 5.60 Å². The molecule has 4 rings (SSSR count). The van der Waals surface area contributed by atoms with Crippen molar-refractivity contribution in [1.29, 1.82) is 0 Å². The molecule has 5 heteroatoms. The van der Waals surface area contributed by atoms with Gasteiger partial charge < -0.3 is 10.1 Å². The van der Waals surface area contributed by atoms with Crippen LogP contribution >= 0.6 is 0 Å². The summed E-state index contributed by atoms with van der Waals surface area (Å²) in [6, 6.07) is 3.92. The second kappa shape index (κ2) is 5.89. The van der Waals surface area contributed by atoms with Gasteiger partial charge in [-0.25, -0.2) is 9.97 Å². The van der Waals surface area contributed by atoms with Crippen molar-refractivity contribution in [1.82, 2.24) is 15.0 Å². The first-order chi connectivity index (χ1) is 11.3. The molecule has 0 atom stereocenters. The van der Waals surface area contributed by atoms with Gasteiger partial charge >= 0.3 is 0 Å². The number of hydrogen-bond acceptors (Lipinski definition) is 5. The van der Waals surface area contributed by atoms with Crippen molar-refractivity contribution in [2.75, 3.05) is 19.0 Å². The molecule has 2 aliphatic rings. The quantitative estimate of drug-likeness (QED) is 0.920. The molecule has 120 valence electrons. The maximum atomic E-state index is 5.72. The van der Waals surface area contributed by atoms with Gasteiger partial charge in [-0.05, 0) is 50.7 Å². The van der Waals surface area contributed by atoms with Crippen molar-refractivity contribution < 1.29 is 4.74 Å². The summed E-state index contributed by atoms with van der Waals surface area (Å²) in [7, 11) is 1.81. The Kier molecular flexibility index (Phi) is 3.73. The Bertz CT molecular complexity index is 692. The standard InChI is InChI=1S/C18H22N4O/c1-23-18(8-3-9-18)12-20-17-14-4-2-5-15(14)21-16(22-17)13-6-10-19-11-7-13/h6-7,10-11H,2-5,8-9,12H2,1H3,(H,20,21,22). The van der Waals surface area contributed by atoms with E-state index in [0.717, 1.165) is 55.9 Å². The lowest BCUT2D eigenvalue weighted by atomic mass is 9.80. The Morgan fingerprint density at radius 3 is 2.65 bits per heavy atom. The molecular formula is C18H22N4O. The van der Waals surface area contributed by atoms with E-state index in [4.69, 9.17) is 14.7 Å². The van der Waals surface area contributed by atoms with Crippen LogP contribution in [0.5, 0.6) is 0 Å². The predicted molar refractivity (Wildman–Crippen MR) is 89.4 cm³/mol. The molecule has 2 heterocycles. The molecule has 2 aromatic rings. The van der Waals surface area contributed by atoms with Crippen LogP contribution in [0, 0.1) is 0 Å². The summed E-state index contributed by atoms with van der Waals surface area (Å²) < 4.78 is 5.72. The third-order valence-corrected chi connectivity index (χ3v) is 5.15. The minimum atomic E-state index is -0.00668.